The van der Waals surface area contributed by atoms with Gasteiger partial charge in [-0.15, -0.1) is 0 Å². The summed E-state index contributed by atoms with van der Waals surface area (Å²) in [5.74, 6) is -7.94. The predicted molar refractivity (Wildman–Crippen MR) is 387 cm³/mol. The quantitative estimate of drug-likeness (QED) is 0.0229. The first-order chi connectivity index (χ1) is 53.7. The first kappa shape index (κ1) is 78.0. The van der Waals surface area contributed by atoms with Crippen molar-refractivity contribution in [1.82, 2.24) is 0 Å². The van der Waals surface area contributed by atoms with Crippen LogP contribution in [-0.2, 0) is 87.2 Å². The van der Waals surface area contributed by atoms with Gasteiger partial charge in [0.1, 0.15) is 56.4 Å². The van der Waals surface area contributed by atoms with Crippen LogP contribution in [0.1, 0.15) is 88.4 Å². The normalized spacial score (nSPS) is 23.5. The number of benzene rings is 9. The van der Waals surface area contributed by atoms with Crippen LogP contribution >= 0.6 is 11.6 Å². The fourth-order valence-corrected chi connectivity index (χ4v) is 12.4. The van der Waals surface area contributed by atoms with Crippen LogP contribution in [0.25, 0.3) is 0 Å². The molecule has 0 saturated carbocycles. The van der Waals surface area contributed by atoms with E-state index in [2.05, 4.69) is 0 Å². The van der Waals surface area contributed by atoms with Crippen LogP contribution in [-0.4, -0.2) is 179 Å². The van der Waals surface area contributed by atoms with E-state index in [1.807, 2.05) is 0 Å². The molecule has 0 unspecified atom stereocenters. The summed E-state index contributed by atoms with van der Waals surface area (Å²) >= 11 is 5.96. The van der Waals surface area contributed by atoms with Crippen LogP contribution in [0.15, 0.2) is 273 Å². The van der Waals surface area contributed by atoms with Gasteiger partial charge in [-0.1, -0.05) is 176 Å². The number of ether oxygens (including phenoxy) is 16. The SMILES string of the molecule is CO[C@H]1O[C@H](COC(=O)c2ccccc2)[C@@H](O[C@@H]2O[C@H](COCC(=O)Cl)[C@H](OC(=O)c3ccccc3)[C@H](O[C@@H]3O[C@H](COC(=O)c4ccccc4)[C@H](OC(=O)c4ccccc4)[C@H](OCc4ccccc4)[C@H]3OC(=O)c3ccccc3)[C@H]2OC(=O)c2ccccc2)[C@H](OC(=O)c2ccccc2)[C@@H]1OC(=O)c1ccccc1. The zero-order valence-corrected chi connectivity index (χ0v) is 59.5. The Morgan fingerprint density at radius 1 is 0.291 bits per heavy atom. The highest BCUT2D eigenvalue weighted by molar-refractivity contribution is 6.63. The van der Waals surface area contributed by atoms with Gasteiger partial charge in [-0.3, -0.25) is 4.79 Å². The van der Waals surface area contributed by atoms with Crippen LogP contribution in [0, 0.1) is 0 Å². The van der Waals surface area contributed by atoms with E-state index in [-0.39, 0.29) is 51.1 Å². The van der Waals surface area contributed by atoms with Gasteiger partial charge in [-0.2, -0.15) is 0 Å². The monoisotopic (exact) mass is 1520 g/mol. The number of carbonyl (C=O) groups excluding carboxylic acids is 9. The van der Waals surface area contributed by atoms with E-state index in [0.717, 1.165) is 0 Å². The van der Waals surface area contributed by atoms with Gasteiger partial charge in [0.2, 0.25) is 5.24 Å². The summed E-state index contributed by atoms with van der Waals surface area (Å²) in [5.41, 5.74) is 0.595. The highest BCUT2D eigenvalue weighted by Gasteiger charge is 2.60. The first-order valence-corrected chi connectivity index (χ1v) is 35.3. The highest BCUT2D eigenvalue weighted by atomic mass is 35.5. The molecule has 566 valence electrons. The number of hydrogen-bond acceptors (Lipinski definition) is 25. The van der Waals surface area contributed by atoms with Gasteiger partial charge < -0.3 is 75.8 Å². The summed E-state index contributed by atoms with van der Waals surface area (Å²) in [7, 11) is 1.21. The van der Waals surface area contributed by atoms with Crippen molar-refractivity contribution in [3.8, 4) is 0 Å². The molecule has 0 aliphatic carbocycles. The first-order valence-electron chi connectivity index (χ1n) is 34.9. The van der Waals surface area contributed by atoms with Crippen LogP contribution < -0.4 is 0 Å². The third-order valence-electron chi connectivity index (χ3n) is 17.7. The third-order valence-corrected chi connectivity index (χ3v) is 17.8. The Kier molecular flexibility index (Phi) is 27.3. The lowest BCUT2D eigenvalue weighted by atomic mass is 9.94. The second kappa shape index (κ2) is 38.5. The predicted octanol–water partition coefficient (Wildman–Crippen LogP) is 11.0. The van der Waals surface area contributed by atoms with E-state index in [1.54, 1.807) is 164 Å². The summed E-state index contributed by atoms with van der Waals surface area (Å²) in [6.07, 6.45) is -28.9. The van der Waals surface area contributed by atoms with E-state index in [1.165, 1.54) is 116 Å². The molecule has 0 bridgehead atoms. The Labute approximate surface area is 635 Å². The van der Waals surface area contributed by atoms with E-state index in [4.69, 9.17) is 87.4 Å². The summed E-state index contributed by atoms with van der Waals surface area (Å²) in [5, 5.41) is -1.00. The molecule has 3 aliphatic rings. The van der Waals surface area contributed by atoms with Crippen molar-refractivity contribution in [3.05, 3.63) is 323 Å². The Morgan fingerprint density at radius 2 is 0.555 bits per heavy atom. The van der Waals surface area contributed by atoms with E-state index < -0.39 is 172 Å². The van der Waals surface area contributed by atoms with E-state index >= 15 is 14.4 Å². The van der Waals surface area contributed by atoms with Crippen molar-refractivity contribution in [1.29, 1.82) is 0 Å². The molecule has 12 rings (SSSR count). The maximum absolute atomic E-state index is 15.4. The van der Waals surface area contributed by atoms with E-state index in [9.17, 15) is 28.8 Å². The molecule has 0 N–H and O–H groups in total. The van der Waals surface area contributed by atoms with Gasteiger partial charge in [-0.25, -0.2) is 38.4 Å². The minimum Gasteiger partial charge on any atom is -0.459 e. The maximum Gasteiger partial charge on any atom is 0.338 e. The van der Waals surface area contributed by atoms with Crippen molar-refractivity contribution in [2.75, 3.05) is 33.5 Å². The molecule has 9 aromatic carbocycles. The lowest BCUT2D eigenvalue weighted by molar-refractivity contribution is -0.378. The molecule has 3 saturated heterocycles. The number of halogens is 1. The highest BCUT2D eigenvalue weighted by Crippen LogP contribution is 2.40. The molecule has 26 heteroatoms. The van der Waals surface area contributed by atoms with Crippen LogP contribution in [0.5, 0.6) is 0 Å². The molecule has 15 atom stereocenters. The van der Waals surface area contributed by atoms with Crippen LogP contribution in [0.4, 0.5) is 0 Å². The molecular formula is C84H73ClO25. The molecule has 110 heavy (non-hydrogen) atoms. The van der Waals surface area contributed by atoms with Crippen molar-refractivity contribution in [2.24, 2.45) is 0 Å². The molecule has 0 amide bonds. The smallest absolute Gasteiger partial charge is 0.338 e. The maximum atomic E-state index is 15.4. The molecule has 0 radical (unpaired) electrons. The fraction of sp³-hybridized carbons (Fsp3) is 0.250. The number of rotatable bonds is 30. The van der Waals surface area contributed by atoms with Gasteiger partial charge in [0.25, 0.3) is 0 Å². The van der Waals surface area contributed by atoms with Crippen molar-refractivity contribution in [2.45, 2.75) is 98.7 Å². The molecule has 25 nitrogen and oxygen atoms in total. The Bertz CT molecular complexity index is 4520. The third kappa shape index (κ3) is 20.4. The fourth-order valence-electron chi connectivity index (χ4n) is 12.3. The average Bonchev–Trinajstić information content (AvgIpc) is 0.757. The minimum absolute atomic E-state index is 0.0207. The van der Waals surface area contributed by atoms with Gasteiger partial charge in [0.15, 0.2) is 55.5 Å². The minimum atomic E-state index is -2.25. The summed E-state index contributed by atoms with van der Waals surface area (Å²) in [6, 6.07) is 70.4. The molecule has 9 aromatic rings. The molecule has 0 aromatic heterocycles. The largest absolute Gasteiger partial charge is 0.459 e. The van der Waals surface area contributed by atoms with Gasteiger partial charge in [0, 0.05) is 7.11 Å². The van der Waals surface area contributed by atoms with Crippen LogP contribution in [0.3, 0.4) is 0 Å². The van der Waals surface area contributed by atoms with Gasteiger partial charge in [-0.05, 0) is 114 Å². The molecule has 3 aliphatic heterocycles. The summed E-state index contributed by atoms with van der Waals surface area (Å²) < 4.78 is 105. The van der Waals surface area contributed by atoms with Gasteiger partial charge >= 0.3 is 47.8 Å². The van der Waals surface area contributed by atoms with Gasteiger partial charge in [0.05, 0.1) is 57.7 Å². The number of hydrogen-bond donors (Lipinski definition) is 0. The Hall–Kier alpha value is -11.6. The second-order valence-corrected chi connectivity index (χ2v) is 25.5. The van der Waals surface area contributed by atoms with E-state index in [0.29, 0.717) is 5.56 Å². The molecule has 3 fully saturated rings. The number of carbonyl (C=O) groups is 9. The van der Waals surface area contributed by atoms with Crippen molar-refractivity contribution in [3.63, 3.8) is 0 Å². The summed E-state index contributed by atoms with van der Waals surface area (Å²) in [6.45, 7) is -3.45. The standard InChI is InChI=1S/C84H73ClO25/c1-95-82-72(107-80(93)59-43-25-9-26-44-59)69(105-78(91)57-39-21-7-22-40-57)67(63(100-82)50-99-75(88)54-33-15-4-16-34-54)109-84-73(108-81(94)60-45-27-10-28-46-60)70(66(61(101-84)48-96-51-64(85)86)104-77(90)56-37-19-6-20-38-56)110-83-71(106-79(92)58-41-23-8-24-42-58)68(97-47-52-29-11-2-12-30-52)65(103-76(89)55-35-17-5-18-36-55)62(102-83)49-98-74(87)53-31-13-3-14-32-53/h2-46,61-63,65-73,82-84H,47-51H2,1H3/t61-,62-,63-,65+,66+,67-,68+,69+,70+,71-,72+,73-,82+,83+,84+/m1/s1. The number of methoxy groups -OCH3 is 1. The Balaban J connectivity index is 1.06. The average molecular weight is 1520 g/mol. The number of esters is 8. The topological polar surface area (TPSA) is 301 Å². The Morgan fingerprint density at radius 3 is 0.900 bits per heavy atom. The second-order valence-electron chi connectivity index (χ2n) is 25.0. The van der Waals surface area contributed by atoms with Crippen molar-refractivity contribution >= 4 is 64.6 Å². The summed E-state index contributed by atoms with van der Waals surface area (Å²) in [4.78, 5) is 131. The zero-order valence-electron chi connectivity index (χ0n) is 58.8. The van der Waals surface area contributed by atoms with Crippen LogP contribution in [0.2, 0.25) is 0 Å². The molecule has 0 spiro atoms. The molecule has 3 heterocycles. The lowest BCUT2D eigenvalue weighted by Gasteiger charge is -2.50. The zero-order chi connectivity index (χ0) is 76.7. The van der Waals surface area contributed by atoms with Crippen molar-refractivity contribution < 1.29 is 119 Å². The molecular weight excluding hydrogens is 1440 g/mol. The lowest BCUT2D eigenvalue weighted by Crippen LogP contribution is -2.69.